The Morgan fingerprint density at radius 2 is 1.78 bits per heavy atom. The predicted octanol–water partition coefficient (Wildman–Crippen LogP) is 4.14. The third-order valence-corrected chi connectivity index (χ3v) is 8.65. The molecule has 3 aromatic rings. The molecule has 0 bridgehead atoms. The Kier molecular flexibility index (Phi) is 3.96. The Hall–Kier alpha value is -2.91. The van der Waals surface area contributed by atoms with Crippen LogP contribution in [0.25, 0.3) is 15.8 Å². The van der Waals surface area contributed by atoms with Crippen molar-refractivity contribution in [1.82, 2.24) is 0 Å². The number of ether oxygens (including phenoxy) is 2. The third-order valence-electron chi connectivity index (χ3n) is 6.20. The average molecular weight is 462 g/mol. The van der Waals surface area contributed by atoms with Gasteiger partial charge in [-0.15, -0.1) is 0 Å². The lowest BCUT2D eigenvalue weighted by Gasteiger charge is -2.32. The number of aliphatic hydroxyl groups is 1. The minimum atomic E-state index is -0.142. The van der Waals surface area contributed by atoms with E-state index in [4.69, 9.17) is 9.47 Å². The Morgan fingerprint density at radius 1 is 0.969 bits per heavy atom. The number of carbonyl (C=O) groups is 1. The van der Waals surface area contributed by atoms with Gasteiger partial charge >= 0.3 is 0 Å². The van der Waals surface area contributed by atoms with E-state index in [2.05, 4.69) is 21.6 Å². The van der Waals surface area contributed by atoms with Gasteiger partial charge in [0.25, 0.3) is 11.7 Å². The van der Waals surface area contributed by atoms with E-state index in [1.807, 2.05) is 36.4 Å². The van der Waals surface area contributed by atoms with Gasteiger partial charge in [0.1, 0.15) is 17.2 Å². The number of aromatic nitrogens is 1. The number of benzene rings is 2. The Morgan fingerprint density at radius 3 is 2.69 bits per heavy atom. The van der Waals surface area contributed by atoms with Crippen molar-refractivity contribution in [3.63, 3.8) is 0 Å². The molecule has 1 aromatic heterocycles. The van der Waals surface area contributed by atoms with Gasteiger partial charge in [0.15, 0.2) is 0 Å². The van der Waals surface area contributed by atoms with E-state index in [1.165, 1.54) is 0 Å². The number of anilines is 1. The zero-order chi connectivity index (χ0) is 21.4. The van der Waals surface area contributed by atoms with Crippen molar-refractivity contribution in [2.24, 2.45) is 0 Å². The molecule has 32 heavy (non-hydrogen) atoms. The van der Waals surface area contributed by atoms with Crippen LogP contribution in [0.3, 0.4) is 0 Å². The summed E-state index contributed by atoms with van der Waals surface area (Å²) in [5.41, 5.74) is 4.39. The molecule has 0 unspecified atom stereocenters. The summed E-state index contributed by atoms with van der Waals surface area (Å²) in [7, 11) is 0. The van der Waals surface area contributed by atoms with Crippen molar-refractivity contribution in [1.29, 1.82) is 0 Å². The van der Waals surface area contributed by atoms with Crippen LogP contribution in [-0.4, -0.2) is 30.8 Å². The Balaban J connectivity index is 1.37. The van der Waals surface area contributed by atoms with Crippen LogP contribution in [0.1, 0.15) is 5.01 Å². The van der Waals surface area contributed by atoms with Gasteiger partial charge < -0.3 is 19.5 Å². The number of nitrogens with zero attached hydrogens (tertiary/aromatic N) is 2. The first kappa shape index (κ1) is 18.6. The molecule has 0 radical (unpaired) electrons. The summed E-state index contributed by atoms with van der Waals surface area (Å²) < 4.78 is 14.8. The second-order valence-electron chi connectivity index (χ2n) is 7.95. The summed E-state index contributed by atoms with van der Waals surface area (Å²) in [6, 6.07) is 16.2. The second kappa shape index (κ2) is 6.79. The fraction of sp³-hybridized carbons (Fsp3) is 0.167. The largest absolute Gasteiger partial charge is 0.506 e. The lowest BCUT2D eigenvalue weighted by molar-refractivity contribution is -0.712. The standard InChI is InChI=1S/C24H16N2O4S2/c27-21-19(13-9-29-11-25-15-5-1-3-7-17(15)31-23(13)25)22(28)20(21)14-10-30-12-26-16-6-2-4-8-18(16)32-24(14)26/h1-8H,9-12H2/p+1. The monoisotopic (exact) mass is 461 g/mol. The van der Waals surface area contributed by atoms with Crippen molar-refractivity contribution in [2.75, 3.05) is 24.8 Å². The topological polar surface area (TPSA) is 62.9 Å². The summed E-state index contributed by atoms with van der Waals surface area (Å²) in [6.45, 7) is 1.49. The summed E-state index contributed by atoms with van der Waals surface area (Å²) in [5.74, 6) is -0.0967. The maximum absolute atomic E-state index is 13.4. The van der Waals surface area contributed by atoms with Gasteiger partial charge in [-0.25, -0.2) is 0 Å². The molecule has 0 saturated carbocycles. The SMILES string of the molecule is O=C1C(C2=C3Sc4ccccc4N3COC2)=C(O)/C1=C1/COC[n+]2c1sc1ccccc12. The van der Waals surface area contributed by atoms with Gasteiger partial charge in [-0.2, -0.15) is 4.57 Å². The molecule has 4 aliphatic rings. The van der Waals surface area contributed by atoms with E-state index in [9.17, 15) is 9.90 Å². The highest BCUT2D eigenvalue weighted by Gasteiger charge is 2.45. The van der Waals surface area contributed by atoms with Crippen molar-refractivity contribution in [3.8, 4) is 0 Å². The van der Waals surface area contributed by atoms with E-state index in [0.717, 1.165) is 42.0 Å². The van der Waals surface area contributed by atoms with Crippen LogP contribution in [0, 0.1) is 0 Å². The fourth-order valence-electron chi connectivity index (χ4n) is 4.70. The molecule has 1 N–H and O–H groups in total. The number of thioether (sulfide) groups is 1. The third kappa shape index (κ3) is 2.43. The highest BCUT2D eigenvalue weighted by molar-refractivity contribution is 8.03. The zero-order valence-corrected chi connectivity index (χ0v) is 18.5. The fourth-order valence-corrected chi connectivity index (χ4v) is 7.06. The van der Waals surface area contributed by atoms with Crippen LogP contribution >= 0.6 is 23.1 Å². The number of carbonyl (C=O) groups excluding carboxylic acids is 1. The molecule has 2 aromatic carbocycles. The zero-order valence-electron chi connectivity index (χ0n) is 16.8. The smallest absolute Gasteiger partial charge is 0.271 e. The molecule has 0 amide bonds. The van der Waals surface area contributed by atoms with Gasteiger partial charge in [-0.05, 0) is 18.2 Å². The minimum absolute atomic E-state index is 0.0454. The molecular weight excluding hydrogens is 444 g/mol. The number of hydrogen-bond acceptors (Lipinski definition) is 7. The van der Waals surface area contributed by atoms with Gasteiger partial charge in [-0.3, -0.25) is 4.79 Å². The number of fused-ring (bicyclic) bond motifs is 6. The number of aliphatic hydroxyl groups excluding tert-OH is 1. The van der Waals surface area contributed by atoms with Gasteiger partial charge in [0, 0.05) is 16.5 Å². The van der Waals surface area contributed by atoms with Crippen LogP contribution in [0.4, 0.5) is 5.69 Å². The van der Waals surface area contributed by atoms with Gasteiger partial charge in [0.2, 0.25) is 11.3 Å². The van der Waals surface area contributed by atoms with E-state index in [0.29, 0.717) is 37.8 Å². The normalized spacial score (nSPS) is 22.2. The molecule has 7 rings (SSSR count). The molecular formula is C24H17N2O4S2+. The van der Waals surface area contributed by atoms with Crippen molar-refractivity contribution in [3.05, 3.63) is 81.0 Å². The van der Waals surface area contributed by atoms with Crippen LogP contribution in [0.2, 0.25) is 0 Å². The first-order valence-electron chi connectivity index (χ1n) is 10.3. The first-order valence-corrected chi connectivity index (χ1v) is 11.9. The highest BCUT2D eigenvalue weighted by Crippen LogP contribution is 2.51. The number of Topliss-reactive ketones (excluding diaryl/α,β-unsaturated/α-hetero) is 1. The molecule has 158 valence electrons. The highest BCUT2D eigenvalue weighted by atomic mass is 32.2. The molecule has 0 fully saturated rings. The average Bonchev–Trinajstić information content (AvgIpc) is 3.39. The van der Waals surface area contributed by atoms with Crippen LogP contribution in [0.5, 0.6) is 0 Å². The van der Waals surface area contributed by atoms with Crippen LogP contribution < -0.4 is 9.47 Å². The quantitative estimate of drug-likeness (QED) is 0.434. The number of hydrogen-bond donors (Lipinski definition) is 1. The molecule has 0 atom stereocenters. The van der Waals surface area contributed by atoms with Crippen LogP contribution in [0.15, 0.2) is 80.9 Å². The lowest BCUT2D eigenvalue weighted by Crippen LogP contribution is -2.43. The molecule has 1 aliphatic carbocycles. The number of thiazole rings is 1. The van der Waals surface area contributed by atoms with E-state index >= 15 is 0 Å². The summed E-state index contributed by atoms with van der Waals surface area (Å²) >= 11 is 3.25. The minimum Gasteiger partial charge on any atom is -0.506 e. The van der Waals surface area contributed by atoms with Crippen molar-refractivity contribution < 1.29 is 23.9 Å². The molecule has 8 heteroatoms. The molecule has 6 nitrogen and oxygen atoms in total. The lowest BCUT2D eigenvalue weighted by atomic mass is 9.80. The molecule has 4 heterocycles. The van der Waals surface area contributed by atoms with Gasteiger partial charge in [-0.1, -0.05) is 47.4 Å². The summed E-state index contributed by atoms with van der Waals surface area (Å²) in [5, 5.41) is 13.0. The summed E-state index contributed by atoms with van der Waals surface area (Å²) in [4.78, 5) is 16.6. The number of rotatable bonds is 1. The van der Waals surface area contributed by atoms with E-state index in [-0.39, 0.29) is 11.5 Å². The first-order chi connectivity index (χ1) is 15.7. The van der Waals surface area contributed by atoms with Crippen LogP contribution in [-0.2, 0) is 21.0 Å². The Bertz CT molecular complexity index is 1450. The number of ketones is 1. The summed E-state index contributed by atoms with van der Waals surface area (Å²) in [6.07, 6.45) is 0. The predicted molar refractivity (Wildman–Crippen MR) is 122 cm³/mol. The maximum Gasteiger partial charge on any atom is 0.271 e. The van der Waals surface area contributed by atoms with Crippen molar-refractivity contribution in [2.45, 2.75) is 11.6 Å². The second-order valence-corrected chi connectivity index (χ2v) is 10.0. The number of allylic oxidation sites excluding steroid dienone is 1. The number of para-hydroxylation sites is 2. The van der Waals surface area contributed by atoms with E-state index < -0.39 is 0 Å². The van der Waals surface area contributed by atoms with Gasteiger partial charge in [0.05, 0.1) is 40.6 Å². The molecule has 3 aliphatic heterocycles. The Labute approximate surface area is 191 Å². The molecule has 0 spiro atoms. The van der Waals surface area contributed by atoms with Crippen molar-refractivity contribution >= 4 is 50.4 Å². The molecule has 0 saturated heterocycles. The maximum atomic E-state index is 13.4. The van der Waals surface area contributed by atoms with E-state index in [1.54, 1.807) is 23.1 Å².